The Kier molecular flexibility index (Phi) is 4.62. The topological polar surface area (TPSA) is 38.0 Å². The van der Waals surface area contributed by atoms with E-state index in [1.54, 1.807) is 0 Å². The molecule has 1 aliphatic carbocycles. The fourth-order valence-electron chi connectivity index (χ4n) is 1.52. The molecule has 0 aromatic heterocycles. The zero-order chi connectivity index (χ0) is 8.81. The van der Waals surface area contributed by atoms with E-state index in [1.165, 1.54) is 38.5 Å². The molecule has 1 unspecified atom stereocenters. The molecule has 1 rings (SSSR count). The maximum atomic E-state index is 5.45. The molecule has 0 heterocycles. The number of nitrogens with one attached hydrogen (secondary N) is 1. The molecule has 1 fully saturated rings. The Hall–Kier alpha value is -0.0800. The standard InChI is InChI=1S/C10H22N2/c1-2-9(5-3-4-8-11)12-10-6-7-10/h9-10,12H,2-8,11H2,1H3. The Balaban J connectivity index is 1.98. The van der Waals surface area contributed by atoms with Crippen LogP contribution in [-0.4, -0.2) is 18.6 Å². The fourth-order valence-corrected chi connectivity index (χ4v) is 1.52. The average molecular weight is 170 g/mol. The lowest BCUT2D eigenvalue weighted by molar-refractivity contribution is 0.448. The van der Waals surface area contributed by atoms with E-state index in [4.69, 9.17) is 5.73 Å². The van der Waals surface area contributed by atoms with Crippen molar-refractivity contribution in [3.8, 4) is 0 Å². The van der Waals surface area contributed by atoms with Gasteiger partial charge in [0.2, 0.25) is 0 Å². The minimum absolute atomic E-state index is 0.754. The van der Waals surface area contributed by atoms with Gasteiger partial charge < -0.3 is 11.1 Å². The second-order valence-electron chi connectivity index (χ2n) is 3.83. The maximum Gasteiger partial charge on any atom is 0.00708 e. The van der Waals surface area contributed by atoms with Crippen molar-refractivity contribution in [2.45, 2.75) is 57.5 Å². The van der Waals surface area contributed by atoms with Gasteiger partial charge in [-0.3, -0.25) is 0 Å². The molecule has 2 nitrogen and oxygen atoms in total. The van der Waals surface area contributed by atoms with Crippen LogP contribution in [0.2, 0.25) is 0 Å². The van der Waals surface area contributed by atoms with Crippen LogP contribution in [0.1, 0.15) is 45.4 Å². The van der Waals surface area contributed by atoms with Crippen LogP contribution in [0.4, 0.5) is 0 Å². The van der Waals surface area contributed by atoms with E-state index in [-0.39, 0.29) is 0 Å². The number of nitrogens with two attached hydrogens (primary N) is 1. The molecule has 0 aromatic rings. The predicted octanol–water partition coefficient (Wildman–Crippen LogP) is 1.65. The molecule has 0 radical (unpaired) electrons. The molecule has 0 bridgehead atoms. The summed E-state index contributed by atoms with van der Waals surface area (Å²) in [5.41, 5.74) is 5.45. The summed E-state index contributed by atoms with van der Waals surface area (Å²) in [6.07, 6.45) is 7.84. The summed E-state index contributed by atoms with van der Waals surface area (Å²) in [5, 5.41) is 3.66. The maximum absolute atomic E-state index is 5.45. The molecule has 72 valence electrons. The molecule has 3 N–H and O–H groups in total. The summed E-state index contributed by atoms with van der Waals surface area (Å²) in [4.78, 5) is 0. The van der Waals surface area contributed by atoms with E-state index < -0.39 is 0 Å². The van der Waals surface area contributed by atoms with Gasteiger partial charge in [-0.2, -0.15) is 0 Å². The number of rotatable bonds is 7. The lowest BCUT2D eigenvalue weighted by atomic mass is 10.1. The van der Waals surface area contributed by atoms with Gasteiger partial charge in [-0.1, -0.05) is 13.3 Å². The molecule has 0 aliphatic heterocycles. The Morgan fingerprint density at radius 3 is 2.67 bits per heavy atom. The summed E-state index contributed by atoms with van der Waals surface area (Å²) in [7, 11) is 0. The molecule has 0 amide bonds. The number of hydrogen-bond donors (Lipinski definition) is 2. The van der Waals surface area contributed by atoms with Gasteiger partial charge in [0.15, 0.2) is 0 Å². The van der Waals surface area contributed by atoms with Crippen molar-refractivity contribution < 1.29 is 0 Å². The Morgan fingerprint density at radius 1 is 1.42 bits per heavy atom. The largest absolute Gasteiger partial charge is 0.330 e. The minimum atomic E-state index is 0.754. The monoisotopic (exact) mass is 170 g/mol. The summed E-state index contributed by atoms with van der Waals surface area (Å²) >= 11 is 0. The van der Waals surface area contributed by atoms with Gasteiger partial charge in [0.25, 0.3) is 0 Å². The molecule has 1 atom stereocenters. The van der Waals surface area contributed by atoms with Crippen LogP contribution in [0.5, 0.6) is 0 Å². The number of hydrogen-bond acceptors (Lipinski definition) is 2. The van der Waals surface area contributed by atoms with Gasteiger partial charge in [-0.05, 0) is 38.6 Å². The lowest BCUT2D eigenvalue weighted by Crippen LogP contribution is -2.30. The quantitative estimate of drug-likeness (QED) is 0.570. The summed E-state index contributed by atoms with van der Waals surface area (Å²) in [6.45, 7) is 3.11. The first-order chi connectivity index (χ1) is 5.86. The highest BCUT2D eigenvalue weighted by atomic mass is 15.0. The molecule has 2 heteroatoms. The third kappa shape index (κ3) is 4.07. The van der Waals surface area contributed by atoms with Gasteiger partial charge in [-0.25, -0.2) is 0 Å². The van der Waals surface area contributed by atoms with Gasteiger partial charge in [0.1, 0.15) is 0 Å². The zero-order valence-corrected chi connectivity index (χ0v) is 8.18. The fraction of sp³-hybridized carbons (Fsp3) is 1.00. The third-order valence-corrected chi connectivity index (χ3v) is 2.55. The van der Waals surface area contributed by atoms with Crippen molar-refractivity contribution in [3.63, 3.8) is 0 Å². The highest BCUT2D eigenvalue weighted by Gasteiger charge is 2.23. The second kappa shape index (κ2) is 5.55. The van der Waals surface area contributed by atoms with Gasteiger partial charge in [-0.15, -0.1) is 0 Å². The Bertz CT molecular complexity index is 110. The van der Waals surface area contributed by atoms with Crippen molar-refractivity contribution in [1.29, 1.82) is 0 Å². The normalized spacial score (nSPS) is 19.5. The first kappa shape index (κ1) is 10.0. The summed E-state index contributed by atoms with van der Waals surface area (Å²) < 4.78 is 0. The second-order valence-corrected chi connectivity index (χ2v) is 3.83. The van der Waals surface area contributed by atoms with Crippen LogP contribution in [0, 0.1) is 0 Å². The molecule has 1 aliphatic rings. The lowest BCUT2D eigenvalue weighted by Gasteiger charge is -2.15. The smallest absolute Gasteiger partial charge is 0.00708 e. The van der Waals surface area contributed by atoms with Crippen LogP contribution in [-0.2, 0) is 0 Å². The van der Waals surface area contributed by atoms with Crippen molar-refractivity contribution >= 4 is 0 Å². The third-order valence-electron chi connectivity index (χ3n) is 2.55. The Labute approximate surface area is 75.9 Å². The highest BCUT2D eigenvalue weighted by Crippen LogP contribution is 2.21. The molecule has 12 heavy (non-hydrogen) atoms. The van der Waals surface area contributed by atoms with Crippen molar-refractivity contribution in [3.05, 3.63) is 0 Å². The van der Waals surface area contributed by atoms with E-state index in [1.807, 2.05) is 0 Å². The van der Waals surface area contributed by atoms with E-state index in [0.717, 1.165) is 18.6 Å². The van der Waals surface area contributed by atoms with Crippen molar-refractivity contribution in [1.82, 2.24) is 5.32 Å². The number of unbranched alkanes of at least 4 members (excludes halogenated alkanes) is 1. The van der Waals surface area contributed by atoms with Gasteiger partial charge >= 0.3 is 0 Å². The van der Waals surface area contributed by atoms with E-state index in [0.29, 0.717) is 0 Å². The zero-order valence-electron chi connectivity index (χ0n) is 8.18. The Morgan fingerprint density at radius 2 is 2.17 bits per heavy atom. The molecule has 1 saturated carbocycles. The molecule has 0 spiro atoms. The highest BCUT2D eigenvalue weighted by molar-refractivity contribution is 4.84. The van der Waals surface area contributed by atoms with E-state index in [2.05, 4.69) is 12.2 Å². The molecular formula is C10H22N2. The van der Waals surface area contributed by atoms with Crippen LogP contribution < -0.4 is 11.1 Å². The molecular weight excluding hydrogens is 148 g/mol. The minimum Gasteiger partial charge on any atom is -0.330 e. The van der Waals surface area contributed by atoms with Crippen molar-refractivity contribution in [2.75, 3.05) is 6.54 Å². The van der Waals surface area contributed by atoms with E-state index >= 15 is 0 Å². The summed E-state index contributed by atoms with van der Waals surface area (Å²) in [6, 6.07) is 1.61. The first-order valence-corrected chi connectivity index (χ1v) is 5.33. The van der Waals surface area contributed by atoms with Crippen LogP contribution in [0.15, 0.2) is 0 Å². The van der Waals surface area contributed by atoms with Gasteiger partial charge in [0.05, 0.1) is 0 Å². The SMILES string of the molecule is CCC(CCCCN)NC1CC1. The summed E-state index contributed by atoms with van der Waals surface area (Å²) in [5.74, 6) is 0. The van der Waals surface area contributed by atoms with Crippen LogP contribution in [0.25, 0.3) is 0 Å². The van der Waals surface area contributed by atoms with E-state index in [9.17, 15) is 0 Å². The van der Waals surface area contributed by atoms with Crippen molar-refractivity contribution in [2.24, 2.45) is 5.73 Å². The van der Waals surface area contributed by atoms with Gasteiger partial charge in [0, 0.05) is 12.1 Å². The first-order valence-electron chi connectivity index (χ1n) is 5.33. The molecule has 0 saturated heterocycles. The average Bonchev–Trinajstić information content (AvgIpc) is 2.87. The van der Waals surface area contributed by atoms with Crippen LogP contribution in [0.3, 0.4) is 0 Å². The predicted molar refractivity (Wildman–Crippen MR) is 53.1 cm³/mol. The molecule has 0 aromatic carbocycles. The van der Waals surface area contributed by atoms with Crippen LogP contribution >= 0.6 is 0 Å².